The lowest BCUT2D eigenvalue weighted by Crippen LogP contribution is -2.46. The number of aromatic nitrogens is 2. The van der Waals surface area contributed by atoms with Crippen molar-refractivity contribution in [3.05, 3.63) is 48.3 Å². The van der Waals surface area contributed by atoms with E-state index in [1.807, 2.05) is 47.3 Å². The summed E-state index contributed by atoms with van der Waals surface area (Å²) in [5.41, 5.74) is 1.98. The molecule has 7 nitrogen and oxygen atoms in total. The van der Waals surface area contributed by atoms with E-state index in [1.165, 1.54) is 0 Å². The molecular weight excluding hydrogens is 479 g/mol. The van der Waals surface area contributed by atoms with Gasteiger partial charge >= 0.3 is 0 Å². The first-order chi connectivity index (χ1) is 13.7. The first-order valence-electron chi connectivity index (χ1n) is 10.0. The van der Waals surface area contributed by atoms with Crippen molar-refractivity contribution in [2.75, 3.05) is 26.7 Å². The van der Waals surface area contributed by atoms with Gasteiger partial charge in [0.25, 0.3) is 0 Å². The van der Waals surface area contributed by atoms with Gasteiger partial charge in [0.15, 0.2) is 5.96 Å². The maximum Gasteiger partial charge on any atom is 0.220 e. The summed E-state index contributed by atoms with van der Waals surface area (Å²) in [5, 5.41) is 10.7. The molecule has 1 fully saturated rings. The van der Waals surface area contributed by atoms with E-state index >= 15 is 0 Å². The van der Waals surface area contributed by atoms with Crippen LogP contribution in [-0.2, 0) is 11.3 Å². The molecule has 1 aliphatic rings. The zero-order valence-corrected chi connectivity index (χ0v) is 19.5. The number of piperidine rings is 1. The molecule has 0 saturated carbocycles. The van der Waals surface area contributed by atoms with Crippen molar-refractivity contribution in [2.45, 2.75) is 32.7 Å². The number of amides is 1. The molecule has 158 valence electrons. The molecule has 1 aliphatic heterocycles. The minimum atomic E-state index is 0. The molecule has 1 amide bonds. The number of nitrogens with zero attached hydrogens (tertiary/aromatic N) is 4. The summed E-state index contributed by atoms with van der Waals surface area (Å²) in [4.78, 5) is 18.7. The maximum atomic E-state index is 11.6. The molecule has 29 heavy (non-hydrogen) atoms. The summed E-state index contributed by atoms with van der Waals surface area (Å²) in [7, 11) is 1.70. The number of aliphatic imine (C=N–C) groups is 1. The number of hydrogen-bond donors (Lipinski definition) is 2. The van der Waals surface area contributed by atoms with Crippen molar-refractivity contribution in [3.63, 3.8) is 0 Å². The molecule has 2 heterocycles. The molecule has 8 heteroatoms. The van der Waals surface area contributed by atoms with Gasteiger partial charge in [0.05, 0.1) is 17.9 Å². The molecule has 0 aliphatic carbocycles. The Morgan fingerprint density at radius 1 is 1.21 bits per heavy atom. The van der Waals surface area contributed by atoms with E-state index < -0.39 is 0 Å². The van der Waals surface area contributed by atoms with E-state index in [0.29, 0.717) is 18.9 Å². The largest absolute Gasteiger partial charge is 0.359 e. The number of hydrogen-bond acceptors (Lipinski definition) is 3. The van der Waals surface area contributed by atoms with Crippen LogP contribution in [-0.4, -0.2) is 53.2 Å². The van der Waals surface area contributed by atoms with Crippen LogP contribution in [0.15, 0.2) is 47.6 Å². The van der Waals surface area contributed by atoms with E-state index in [9.17, 15) is 4.79 Å². The van der Waals surface area contributed by atoms with Gasteiger partial charge in [-0.05, 0) is 43.9 Å². The molecular formula is C21H31IN6O. The topological polar surface area (TPSA) is 74.5 Å². The maximum absolute atomic E-state index is 11.6. The van der Waals surface area contributed by atoms with Crippen LogP contribution >= 0.6 is 24.0 Å². The molecule has 1 saturated heterocycles. The zero-order valence-electron chi connectivity index (χ0n) is 17.2. The van der Waals surface area contributed by atoms with Crippen LogP contribution in [0.1, 0.15) is 31.9 Å². The van der Waals surface area contributed by atoms with Gasteiger partial charge in [-0.2, -0.15) is 5.10 Å². The van der Waals surface area contributed by atoms with Gasteiger partial charge in [-0.3, -0.25) is 4.79 Å². The van der Waals surface area contributed by atoms with Crippen molar-refractivity contribution < 1.29 is 4.79 Å². The van der Waals surface area contributed by atoms with Gasteiger partial charge in [-0.1, -0.05) is 18.2 Å². The number of guanidine groups is 1. The van der Waals surface area contributed by atoms with Crippen molar-refractivity contribution in [2.24, 2.45) is 10.9 Å². The second kappa shape index (κ2) is 11.8. The van der Waals surface area contributed by atoms with Gasteiger partial charge < -0.3 is 15.5 Å². The highest BCUT2D eigenvalue weighted by atomic mass is 127. The third-order valence-electron chi connectivity index (χ3n) is 5.06. The fourth-order valence-electron chi connectivity index (χ4n) is 3.47. The Labute approximate surface area is 190 Å². The summed E-state index contributed by atoms with van der Waals surface area (Å²) in [5.74, 6) is 1.52. The summed E-state index contributed by atoms with van der Waals surface area (Å²) in [6.45, 7) is 5.30. The number of rotatable bonds is 6. The van der Waals surface area contributed by atoms with Crippen LogP contribution in [0.25, 0.3) is 5.69 Å². The fraction of sp³-hybridized carbons (Fsp3) is 0.476. The number of nitrogens with one attached hydrogen (secondary N) is 2. The lowest BCUT2D eigenvalue weighted by molar-refractivity contribution is -0.121. The van der Waals surface area contributed by atoms with Crippen LogP contribution < -0.4 is 10.6 Å². The standard InChI is InChI=1S/C21H30N6O.HI/c1-3-23-21(26-12-9-17(10-13-26)15-20(28)22-2)24-16-18-11-14-27(25-18)19-7-5-4-6-8-19;/h4-8,11,14,17H,3,9-10,12-13,15-16H2,1-2H3,(H,22,28)(H,23,24);1H. The monoisotopic (exact) mass is 510 g/mol. The minimum absolute atomic E-state index is 0. The summed E-state index contributed by atoms with van der Waals surface area (Å²) < 4.78 is 1.88. The van der Waals surface area contributed by atoms with Crippen molar-refractivity contribution in [3.8, 4) is 5.69 Å². The van der Waals surface area contributed by atoms with E-state index in [0.717, 1.165) is 49.8 Å². The molecule has 0 unspecified atom stereocenters. The summed E-state index contributed by atoms with van der Waals surface area (Å²) >= 11 is 0. The third kappa shape index (κ3) is 6.73. The number of carbonyl (C=O) groups is 1. The molecule has 1 aromatic carbocycles. The van der Waals surface area contributed by atoms with E-state index in [4.69, 9.17) is 4.99 Å². The van der Waals surface area contributed by atoms with Gasteiger partial charge in [-0.15, -0.1) is 24.0 Å². The zero-order chi connectivity index (χ0) is 19.8. The Morgan fingerprint density at radius 3 is 2.59 bits per heavy atom. The Kier molecular flexibility index (Phi) is 9.43. The molecule has 2 aromatic rings. The van der Waals surface area contributed by atoms with Gasteiger partial charge in [0.2, 0.25) is 5.91 Å². The molecule has 3 rings (SSSR count). The highest BCUT2D eigenvalue weighted by Crippen LogP contribution is 2.20. The van der Waals surface area contributed by atoms with E-state index in [2.05, 4.69) is 27.6 Å². The van der Waals surface area contributed by atoms with E-state index in [1.54, 1.807) is 7.05 Å². The van der Waals surface area contributed by atoms with Crippen LogP contribution in [0.3, 0.4) is 0 Å². The molecule has 0 atom stereocenters. The van der Waals surface area contributed by atoms with Gasteiger partial charge in [0, 0.05) is 39.3 Å². The molecule has 0 spiro atoms. The highest BCUT2D eigenvalue weighted by molar-refractivity contribution is 14.0. The Morgan fingerprint density at radius 2 is 1.93 bits per heavy atom. The van der Waals surface area contributed by atoms with Crippen LogP contribution in [0.5, 0.6) is 0 Å². The number of halogens is 1. The Hall–Kier alpha value is -2.10. The van der Waals surface area contributed by atoms with Crippen LogP contribution in [0, 0.1) is 5.92 Å². The number of carbonyl (C=O) groups excluding carboxylic acids is 1. The smallest absolute Gasteiger partial charge is 0.220 e. The quantitative estimate of drug-likeness (QED) is 0.356. The van der Waals surface area contributed by atoms with E-state index in [-0.39, 0.29) is 29.9 Å². The van der Waals surface area contributed by atoms with Crippen LogP contribution in [0.2, 0.25) is 0 Å². The third-order valence-corrected chi connectivity index (χ3v) is 5.06. The Balaban J connectivity index is 0.00000300. The fourth-order valence-corrected chi connectivity index (χ4v) is 3.47. The number of benzene rings is 1. The molecule has 2 N–H and O–H groups in total. The average Bonchev–Trinajstić information content (AvgIpc) is 3.21. The molecule has 0 bridgehead atoms. The Bertz CT molecular complexity index is 783. The molecule has 1 aromatic heterocycles. The SMILES string of the molecule is CCNC(=NCc1ccn(-c2ccccc2)n1)N1CCC(CC(=O)NC)CC1.I. The molecule has 0 radical (unpaired) electrons. The van der Waals surface area contributed by atoms with Crippen molar-refractivity contribution in [1.82, 2.24) is 25.3 Å². The lowest BCUT2D eigenvalue weighted by atomic mass is 9.93. The van der Waals surface area contributed by atoms with Crippen LogP contribution in [0.4, 0.5) is 0 Å². The second-order valence-electron chi connectivity index (χ2n) is 7.07. The highest BCUT2D eigenvalue weighted by Gasteiger charge is 2.23. The van der Waals surface area contributed by atoms with Gasteiger partial charge in [-0.25, -0.2) is 9.67 Å². The first kappa shape index (κ1) is 23.2. The van der Waals surface area contributed by atoms with Crippen molar-refractivity contribution in [1.29, 1.82) is 0 Å². The average molecular weight is 510 g/mol. The summed E-state index contributed by atoms with van der Waals surface area (Å²) in [6.07, 6.45) is 4.62. The first-order valence-corrected chi connectivity index (χ1v) is 10.0. The predicted octanol–water partition coefficient (Wildman–Crippen LogP) is 2.80. The predicted molar refractivity (Wildman–Crippen MR) is 127 cm³/mol. The van der Waals surface area contributed by atoms with Gasteiger partial charge in [0.1, 0.15) is 0 Å². The normalized spacial score (nSPS) is 15.0. The minimum Gasteiger partial charge on any atom is -0.359 e. The number of para-hydroxylation sites is 1. The number of likely N-dealkylation sites (tertiary alicyclic amines) is 1. The summed E-state index contributed by atoms with van der Waals surface area (Å²) in [6, 6.07) is 12.1. The second-order valence-corrected chi connectivity index (χ2v) is 7.07. The van der Waals surface area contributed by atoms with Crippen molar-refractivity contribution >= 4 is 35.8 Å². The lowest BCUT2D eigenvalue weighted by Gasteiger charge is -2.34.